The van der Waals surface area contributed by atoms with Crippen molar-refractivity contribution in [2.75, 3.05) is 26.3 Å². The van der Waals surface area contributed by atoms with Crippen LogP contribution in [0.1, 0.15) is 9.67 Å². The molecule has 142 valence electrons. The molecule has 1 aliphatic heterocycles. The van der Waals surface area contributed by atoms with Gasteiger partial charge in [-0.1, -0.05) is 18.2 Å². The van der Waals surface area contributed by atoms with Crippen molar-refractivity contribution in [2.24, 2.45) is 0 Å². The van der Waals surface area contributed by atoms with Gasteiger partial charge >= 0.3 is 5.97 Å². The zero-order chi connectivity index (χ0) is 19.1. The van der Waals surface area contributed by atoms with Crippen LogP contribution in [-0.2, 0) is 14.3 Å². The number of rotatable bonds is 7. The number of para-hydroxylation sites is 2. The highest BCUT2D eigenvalue weighted by Crippen LogP contribution is 2.30. The van der Waals surface area contributed by atoms with Crippen LogP contribution in [0.3, 0.4) is 0 Å². The number of thiophene rings is 1. The fourth-order valence-electron chi connectivity index (χ4n) is 2.29. The third-order valence-corrected chi connectivity index (χ3v) is 4.47. The maximum Gasteiger partial charge on any atom is 0.325 e. The van der Waals surface area contributed by atoms with E-state index >= 15 is 0 Å². The van der Waals surface area contributed by atoms with Crippen LogP contribution >= 0.6 is 11.3 Å². The van der Waals surface area contributed by atoms with Crippen molar-refractivity contribution in [2.45, 2.75) is 6.10 Å². The number of benzene rings is 1. The Kier molecular flexibility index (Phi) is 6.26. The quantitative estimate of drug-likeness (QED) is 0.683. The molecule has 1 aromatic carbocycles. The lowest BCUT2D eigenvalue weighted by atomic mass is 10.2. The Morgan fingerprint density at radius 1 is 1.11 bits per heavy atom. The van der Waals surface area contributed by atoms with E-state index in [0.29, 0.717) is 23.0 Å². The zero-order valence-electron chi connectivity index (χ0n) is 14.3. The summed E-state index contributed by atoms with van der Waals surface area (Å²) in [7, 11) is 0. The van der Waals surface area contributed by atoms with Crippen LogP contribution < -0.4 is 20.1 Å². The highest BCUT2D eigenvalue weighted by Gasteiger charge is 2.21. The van der Waals surface area contributed by atoms with Crippen molar-refractivity contribution < 1.29 is 28.6 Å². The standard InChI is InChI=1S/C18H18N2O6S/c21-16(11-25-17(22)9-20-18(23)15-6-3-7-27-15)19-8-12-10-24-13-4-1-2-5-14(13)26-12/h1-7,12H,8-11H2,(H,19,21)(H,20,23)/t12-/m0/s1. The monoisotopic (exact) mass is 390 g/mol. The molecule has 3 rings (SSSR count). The Morgan fingerprint density at radius 2 is 1.93 bits per heavy atom. The van der Waals surface area contributed by atoms with Crippen LogP contribution in [0, 0.1) is 0 Å². The first-order chi connectivity index (χ1) is 13.1. The predicted molar refractivity (Wildman–Crippen MR) is 97.0 cm³/mol. The molecule has 2 aromatic rings. The van der Waals surface area contributed by atoms with Gasteiger partial charge in [0.25, 0.3) is 11.8 Å². The Morgan fingerprint density at radius 3 is 2.70 bits per heavy atom. The van der Waals surface area contributed by atoms with Gasteiger partial charge in [0.05, 0.1) is 11.4 Å². The van der Waals surface area contributed by atoms with E-state index in [1.807, 2.05) is 12.1 Å². The summed E-state index contributed by atoms with van der Waals surface area (Å²) in [5.41, 5.74) is 0. The Labute approximate surface area is 159 Å². The van der Waals surface area contributed by atoms with Crippen LogP contribution in [0.2, 0.25) is 0 Å². The molecule has 1 aromatic heterocycles. The number of hydrogen-bond donors (Lipinski definition) is 2. The molecule has 0 bridgehead atoms. The zero-order valence-corrected chi connectivity index (χ0v) is 15.1. The molecule has 1 atom stereocenters. The van der Waals surface area contributed by atoms with Crippen molar-refractivity contribution >= 4 is 29.1 Å². The Hall–Kier alpha value is -3.07. The van der Waals surface area contributed by atoms with Crippen LogP contribution in [0.5, 0.6) is 11.5 Å². The minimum atomic E-state index is -0.693. The average molecular weight is 390 g/mol. The molecule has 0 fully saturated rings. The maximum atomic E-state index is 11.8. The van der Waals surface area contributed by atoms with Crippen molar-refractivity contribution in [1.29, 1.82) is 0 Å². The fourth-order valence-corrected chi connectivity index (χ4v) is 2.93. The first-order valence-corrected chi connectivity index (χ1v) is 9.12. The van der Waals surface area contributed by atoms with Crippen molar-refractivity contribution in [3.63, 3.8) is 0 Å². The molecular formula is C18H18N2O6S. The molecular weight excluding hydrogens is 372 g/mol. The first-order valence-electron chi connectivity index (χ1n) is 8.24. The fraction of sp³-hybridized carbons (Fsp3) is 0.278. The number of carbonyl (C=O) groups excluding carboxylic acids is 3. The summed E-state index contributed by atoms with van der Waals surface area (Å²) in [6.07, 6.45) is -0.329. The highest BCUT2D eigenvalue weighted by molar-refractivity contribution is 7.12. The molecule has 0 saturated carbocycles. The van der Waals surface area contributed by atoms with Gasteiger partial charge < -0.3 is 24.8 Å². The van der Waals surface area contributed by atoms with E-state index in [9.17, 15) is 14.4 Å². The number of hydrogen-bond acceptors (Lipinski definition) is 7. The first kappa shape index (κ1) is 18.7. The number of nitrogens with one attached hydrogen (secondary N) is 2. The smallest absolute Gasteiger partial charge is 0.325 e. The van der Waals surface area contributed by atoms with Crippen LogP contribution in [0.25, 0.3) is 0 Å². The molecule has 0 spiro atoms. The van der Waals surface area contributed by atoms with Crippen LogP contribution in [0.15, 0.2) is 41.8 Å². The van der Waals surface area contributed by atoms with Gasteiger partial charge in [0.1, 0.15) is 19.3 Å². The second-order valence-corrected chi connectivity index (χ2v) is 6.57. The van der Waals surface area contributed by atoms with Gasteiger partial charge in [0.15, 0.2) is 18.1 Å². The van der Waals surface area contributed by atoms with Crippen molar-refractivity contribution in [3.05, 3.63) is 46.7 Å². The lowest BCUT2D eigenvalue weighted by molar-refractivity contribution is -0.147. The molecule has 0 saturated heterocycles. The molecule has 1 aliphatic rings. The molecule has 8 nitrogen and oxygen atoms in total. The summed E-state index contributed by atoms with van der Waals surface area (Å²) in [6, 6.07) is 10.7. The van der Waals surface area contributed by atoms with Gasteiger partial charge in [-0.05, 0) is 23.6 Å². The van der Waals surface area contributed by atoms with Crippen molar-refractivity contribution in [3.8, 4) is 11.5 Å². The number of fused-ring (bicyclic) bond motifs is 1. The SMILES string of the molecule is O=C(COC(=O)CNC(=O)c1cccs1)NC[C@H]1COc2ccccc2O1. The van der Waals surface area contributed by atoms with E-state index < -0.39 is 18.5 Å². The van der Waals surface area contributed by atoms with Gasteiger partial charge in [-0.25, -0.2) is 0 Å². The lowest BCUT2D eigenvalue weighted by Gasteiger charge is -2.26. The summed E-state index contributed by atoms with van der Waals surface area (Å²) < 4.78 is 16.1. The third-order valence-electron chi connectivity index (χ3n) is 3.60. The van der Waals surface area contributed by atoms with Gasteiger partial charge in [-0.15, -0.1) is 11.3 Å². The summed E-state index contributed by atoms with van der Waals surface area (Å²) in [5.74, 6) is -0.229. The van der Waals surface area contributed by atoms with E-state index in [1.165, 1.54) is 11.3 Å². The van der Waals surface area contributed by atoms with Crippen LogP contribution in [0.4, 0.5) is 0 Å². The van der Waals surface area contributed by atoms with E-state index in [2.05, 4.69) is 10.6 Å². The molecule has 2 amide bonds. The van der Waals surface area contributed by atoms with Gasteiger partial charge in [-0.3, -0.25) is 14.4 Å². The third kappa shape index (κ3) is 5.45. The summed E-state index contributed by atoms with van der Waals surface area (Å²) in [6.45, 7) is -0.204. The summed E-state index contributed by atoms with van der Waals surface area (Å²) in [5, 5.41) is 6.81. The molecule has 27 heavy (non-hydrogen) atoms. The van der Waals surface area contributed by atoms with Gasteiger partial charge in [-0.2, -0.15) is 0 Å². The minimum absolute atomic E-state index is 0.222. The van der Waals surface area contributed by atoms with Gasteiger partial charge in [0, 0.05) is 0 Å². The van der Waals surface area contributed by atoms with E-state index in [0.717, 1.165) is 0 Å². The second kappa shape index (κ2) is 9.04. The van der Waals surface area contributed by atoms with E-state index in [1.54, 1.807) is 29.6 Å². The average Bonchev–Trinajstić information content (AvgIpc) is 3.23. The number of carbonyl (C=O) groups is 3. The summed E-state index contributed by atoms with van der Waals surface area (Å²) in [4.78, 5) is 35.6. The van der Waals surface area contributed by atoms with E-state index in [4.69, 9.17) is 14.2 Å². The predicted octanol–water partition coefficient (Wildman–Crippen LogP) is 0.977. The number of amides is 2. The molecule has 9 heteroatoms. The molecule has 0 radical (unpaired) electrons. The Balaban J connectivity index is 1.32. The van der Waals surface area contributed by atoms with Crippen molar-refractivity contribution in [1.82, 2.24) is 10.6 Å². The minimum Gasteiger partial charge on any atom is -0.486 e. The Bertz CT molecular complexity index is 808. The topological polar surface area (TPSA) is 103 Å². The molecule has 2 heterocycles. The largest absolute Gasteiger partial charge is 0.486 e. The number of esters is 1. The molecule has 0 unspecified atom stereocenters. The highest BCUT2D eigenvalue weighted by atomic mass is 32.1. The summed E-state index contributed by atoms with van der Waals surface area (Å²) >= 11 is 1.27. The van der Waals surface area contributed by atoms with Crippen LogP contribution in [-0.4, -0.2) is 50.2 Å². The van der Waals surface area contributed by atoms with Gasteiger partial charge in [0.2, 0.25) is 0 Å². The number of ether oxygens (including phenoxy) is 3. The maximum absolute atomic E-state index is 11.8. The molecule has 2 N–H and O–H groups in total. The molecule has 0 aliphatic carbocycles. The lowest BCUT2D eigenvalue weighted by Crippen LogP contribution is -2.42. The van der Waals surface area contributed by atoms with E-state index in [-0.39, 0.29) is 25.1 Å². The normalized spacial score (nSPS) is 14.9. The second-order valence-electron chi connectivity index (χ2n) is 5.62.